The number of hydrogen-bond acceptors (Lipinski definition) is 5. The molecule has 150 valence electrons. The van der Waals surface area contributed by atoms with E-state index in [9.17, 15) is 4.79 Å². The molecule has 6 heteroatoms. The number of carbonyl (C=O) groups is 1. The summed E-state index contributed by atoms with van der Waals surface area (Å²) in [6, 6.07) is 15.7. The van der Waals surface area contributed by atoms with Crippen molar-refractivity contribution < 1.29 is 19.0 Å². The molecule has 28 heavy (non-hydrogen) atoms. The molecule has 6 nitrogen and oxygen atoms in total. The summed E-state index contributed by atoms with van der Waals surface area (Å²) in [5.41, 5.74) is 1.30. The molecular formula is C22H28N2O4. The van der Waals surface area contributed by atoms with Crippen molar-refractivity contribution in [1.29, 1.82) is 0 Å². The van der Waals surface area contributed by atoms with Crippen LogP contribution in [-0.2, 0) is 11.3 Å². The van der Waals surface area contributed by atoms with Gasteiger partial charge in [0, 0.05) is 50.9 Å². The van der Waals surface area contributed by atoms with Crippen molar-refractivity contribution in [3.63, 3.8) is 0 Å². The highest BCUT2D eigenvalue weighted by molar-refractivity contribution is 5.81. The summed E-state index contributed by atoms with van der Waals surface area (Å²) in [5.74, 6) is 1.81. The molecule has 0 aliphatic carbocycles. The van der Waals surface area contributed by atoms with Crippen molar-refractivity contribution in [2.24, 2.45) is 0 Å². The molecule has 2 aromatic carbocycles. The van der Waals surface area contributed by atoms with Crippen molar-refractivity contribution in [3.05, 3.63) is 54.1 Å². The van der Waals surface area contributed by atoms with Crippen LogP contribution in [0.4, 0.5) is 0 Å². The van der Waals surface area contributed by atoms with Crippen LogP contribution < -0.4 is 14.2 Å². The third-order valence-electron chi connectivity index (χ3n) is 4.92. The highest BCUT2D eigenvalue weighted by Crippen LogP contribution is 2.28. The first-order valence-electron chi connectivity index (χ1n) is 9.54. The van der Waals surface area contributed by atoms with Crippen molar-refractivity contribution in [2.45, 2.75) is 19.6 Å². The van der Waals surface area contributed by atoms with Crippen molar-refractivity contribution in [1.82, 2.24) is 9.80 Å². The van der Waals surface area contributed by atoms with E-state index in [-0.39, 0.29) is 5.91 Å². The molecule has 0 saturated carbocycles. The molecule has 1 heterocycles. The SMILES string of the molecule is COc1cc(OC)cc(O[C@@H](C)C(=O)N2CCN(Cc3ccccc3)CC2)c1. The quantitative estimate of drug-likeness (QED) is 0.735. The molecule has 1 atom stereocenters. The molecule has 0 spiro atoms. The highest BCUT2D eigenvalue weighted by atomic mass is 16.5. The molecule has 1 amide bonds. The zero-order valence-electron chi connectivity index (χ0n) is 16.8. The third kappa shape index (κ3) is 5.16. The van der Waals surface area contributed by atoms with Gasteiger partial charge in [-0.1, -0.05) is 30.3 Å². The number of methoxy groups -OCH3 is 2. The van der Waals surface area contributed by atoms with Crippen LogP contribution in [0.1, 0.15) is 12.5 Å². The lowest BCUT2D eigenvalue weighted by Gasteiger charge is -2.35. The van der Waals surface area contributed by atoms with E-state index in [1.54, 1.807) is 39.3 Å². The second-order valence-electron chi connectivity index (χ2n) is 6.90. The summed E-state index contributed by atoms with van der Waals surface area (Å²) < 4.78 is 16.4. The number of amides is 1. The summed E-state index contributed by atoms with van der Waals surface area (Å²) in [6.07, 6.45) is -0.572. The molecule has 0 aromatic heterocycles. The lowest BCUT2D eigenvalue weighted by atomic mass is 10.2. The van der Waals surface area contributed by atoms with Crippen LogP contribution in [0.5, 0.6) is 17.2 Å². The van der Waals surface area contributed by atoms with E-state index in [0.29, 0.717) is 30.3 Å². The fourth-order valence-electron chi connectivity index (χ4n) is 3.33. The Kier molecular flexibility index (Phi) is 6.76. The van der Waals surface area contributed by atoms with Gasteiger partial charge in [-0.3, -0.25) is 9.69 Å². The van der Waals surface area contributed by atoms with Gasteiger partial charge in [-0.2, -0.15) is 0 Å². The molecule has 0 unspecified atom stereocenters. The maximum Gasteiger partial charge on any atom is 0.263 e. The first-order chi connectivity index (χ1) is 13.6. The van der Waals surface area contributed by atoms with E-state index >= 15 is 0 Å². The normalized spacial score (nSPS) is 15.8. The maximum absolute atomic E-state index is 12.8. The summed E-state index contributed by atoms with van der Waals surface area (Å²) >= 11 is 0. The number of hydrogen-bond donors (Lipinski definition) is 0. The van der Waals surface area contributed by atoms with E-state index in [0.717, 1.165) is 19.6 Å². The van der Waals surface area contributed by atoms with Crippen LogP contribution in [0, 0.1) is 0 Å². The number of piperazine rings is 1. The van der Waals surface area contributed by atoms with Gasteiger partial charge in [0.1, 0.15) is 17.2 Å². The third-order valence-corrected chi connectivity index (χ3v) is 4.92. The summed E-state index contributed by atoms with van der Waals surface area (Å²) in [6.45, 7) is 5.84. The lowest BCUT2D eigenvalue weighted by molar-refractivity contribution is -0.139. The largest absolute Gasteiger partial charge is 0.496 e. The van der Waals surface area contributed by atoms with Gasteiger partial charge >= 0.3 is 0 Å². The molecule has 1 aliphatic rings. The monoisotopic (exact) mass is 384 g/mol. The Labute approximate surface area is 166 Å². The van der Waals surface area contributed by atoms with E-state index in [1.165, 1.54) is 5.56 Å². The van der Waals surface area contributed by atoms with Gasteiger partial charge in [-0.05, 0) is 12.5 Å². The zero-order valence-corrected chi connectivity index (χ0v) is 16.8. The molecular weight excluding hydrogens is 356 g/mol. The Bertz CT molecular complexity index is 751. The molecule has 0 radical (unpaired) electrons. The average Bonchev–Trinajstić information content (AvgIpc) is 2.74. The number of ether oxygens (including phenoxy) is 3. The zero-order chi connectivity index (χ0) is 19.9. The number of nitrogens with zero attached hydrogens (tertiary/aromatic N) is 2. The highest BCUT2D eigenvalue weighted by Gasteiger charge is 2.26. The Hall–Kier alpha value is -2.73. The number of benzene rings is 2. The second-order valence-corrected chi connectivity index (χ2v) is 6.90. The molecule has 1 saturated heterocycles. The van der Waals surface area contributed by atoms with Gasteiger partial charge in [0.2, 0.25) is 0 Å². The smallest absolute Gasteiger partial charge is 0.263 e. The van der Waals surface area contributed by atoms with Gasteiger partial charge in [0.25, 0.3) is 5.91 Å². The van der Waals surface area contributed by atoms with Gasteiger partial charge in [0.15, 0.2) is 6.10 Å². The average molecular weight is 384 g/mol. The summed E-state index contributed by atoms with van der Waals surface area (Å²) in [5, 5.41) is 0. The Balaban J connectivity index is 1.53. The van der Waals surface area contributed by atoms with Crippen molar-refractivity contribution in [3.8, 4) is 17.2 Å². The van der Waals surface area contributed by atoms with Crippen LogP contribution in [0.2, 0.25) is 0 Å². The Morgan fingerprint density at radius 3 is 2.07 bits per heavy atom. The first-order valence-corrected chi connectivity index (χ1v) is 9.54. The van der Waals surface area contributed by atoms with Gasteiger partial charge in [-0.25, -0.2) is 0 Å². The van der Waals surface area contributed by atoms with Crippen LogP contribution in [-0.4, -0.2) is 62.2 Å². The Morgan fingerprint density at radius 1 is 0.929 bits per heavy atom. The second kappa shape index (κ2) is 9.46. The van der Waals surface area contributed by atoms with E-state index < -0.39 is 6.10 Å². The minimum Gasteiger partial charge on any atom is -0.496 e. The van der Waals surface area contributed by atoms with Gasteiger partial charge < -0.3 is 19.1 Å². The fraction of sp³-hybridized carbons (Fsp3) is 0.409. The Morgan fingerprint density at radius 2 is 1.50 bits per heavy atom. The molecule has 1 fully saturated rings. The molecule has 0 N–H and O–H groups in total. The van der Waals surface area contributed by atoms with E-state index in [1.807, 2.05) is 11.0 Å². The van der Waals surface area contributed by atoms with Crippen LogP contribution >= 0.6 is 0 Å². The number of carbonyl (C=O) groups excluding carboxylic acids is 1. The standard InChI is InChI=1S/C22H28N2O4/c1-17(28-21-14-19(26-2)13-20(15-21)27-3)22(25)24-11-9-23(10-12-24)16-18-7-5-4-6-8-18/h4-8,13-15,17H,9-12,16H2,1-3H3/t17-/m0/s1. The molecule has 3 rings (SSSR count). The predicted octanol–water partition coefficient (Wildman–Crippen LogP) is 2.82. The topological polar surface area (TPSA) is 51.2 Å². The van der Waals surface area contributed by atoms with Crippen molar-refractivity contribution >= 4 is 5.91 Å². The molecule has 2 aromatic rings. The summed E-state index contributed by atoms with van der Waals surface area (Å²) in [7, 11) is 3.17. The first kappa shape index (κ1) is 20.0. The lowest BCUT2D eigenvalue weighted by Crippen LogP contribution is -2.51. The predicted molar refractivity (Wildman–Crippen MR) is 108 cm³/mol. The van der Waals surface area contributed by atoms with E-state index in [4.69, 9.17) is 14.2 Å². The summed E-state index contributed by atoms with van der Waals surface area (Å²) in [4.78, 5) is 17.0. The fourth-order valence-corrected chi connectivity index (χ4v) is 3.33. The van der Waals surface area contributed by atoms with Gasteiger partial charge in [-0.15, -0.1) is 0 Å². The molecule has 1 aliphatic heterocycles. The maximum atomic E-state index is 12.8. The van der Waals surface area contributed by atoms with Gasteiger partial charge in [0.05, 0.1) is 14.2 Å². The van der Waals surface area contributed by atoms with E-state index in [2.05, 4.69) is 29.2 Å². The molecule has 0 bridgehead atoms. The minimum absolute atomic E-state index is 0.00106. The van der Waals surface area contributed by atoms with Crippen molar-refractivity contribution in [2.75, 3.05) is 40.4 Å². The van der Waals surface area contributed by atoms with Crippen LogP contribution in [0.25, 0.3) is 0 Å². The van der Waals surface area contributed by atoms with Crippen LogP contribution in [0.3, 0.4) is 0 Å². The number of rotatable bonds is 7. The van der Waals surface area contributed by atoms with Crippen LogP contribution in [0.15, 0.2) is 48.5 Å². The minimum atomic E-state index is -0.572.